The number of esters is 1. The first-order chi connectivity index (χ1) is 28.5. The van der Waals surface area contributed by atoms with Crippen LogP contribution in [-0.4, -0.2) is 98.9 Å². The third-order valence-electron chi connectivity index (χ3n) is 10.5. The first-order valence-corrected chi connectivity index (χ1v) is 24.5. The summed E-state index contributed by atoms with van der Waals surface area (Å²) in [5.41, 5.74) is 0. The van der Waals surface area contributed by atoms with Gasteiger partial charge in [0.15, 0.2) is 0 Å². The summed E-state index contributed by atoms with van der Waals surface area (Å²) in [6, 6.07) is 0. The predicted octanol–water partition coefficient (Wildman–Crippen LogP) is 9.25. The van der Waals surface area contributed by atoms with Crippen LogP contribution in [0.2, 0.25) is 0 Å². The molecule has 0 spiro atoms. The highest BCUT2D eigenvalue weighted by molar-refractivity contribution is 7.47. The molecule has 1 aliphatic rings. The molecule has 0 amide bonds. The molecule has 0 saturated heterocycles. The molecule has 344 valence electrons. The number of allylic oxidation sites excluding steroid dienone is 8. The van der Waals surface area contributed by atoms with Crippen LogP contribution >= 0.6 is 7.82 Å². The van der Waals surface area contributed by atoms with E-state index in [1.807, 2.05) is 0 Å². The van der Waals surface area contributed by atoms with Crippen LogP contribution < -0.4 is 0 Å². The van der Waals surface area contributed by atoms with Crippen molar-refractivity contribution in [2.45, 2.75) is 217 Å². The minimum absolute atomic E-state index is 0.0858. The summed E-state index contributed by atoms with van der Waals surface area (Å²) in [5, 5.41) is 50.2. The number of phosphoric ester groups is 1. The lowest BCUT2D eigenvalue weighted by atomic mass is 9.85. The molecule has 12 nitrogen and oxygen atoms in total. The molecule has 1 fully saturated rings. The number of unbranched alkanes of at least 4 members (excludes halogenated alkanes) is 18. The molecule has 0 radical (unpaired) electrons. The zero-order valence-electron chi connectivity index (χ0n) is 36.5. The third-order valence-corrected chi connectivity index (χ3v) is 11.5. The summed E-state index contributed by atoms with van der Waals surface area (Å²) in [6.45, 7) is 4.12. The SMILES string of the molecule is CC/C=C\C/C=C\C/C=C\C/C=C\CCCCCCC(=O)OC(COCCCCCCCCCCCCCCCCC)COP(=O)(O)OC1C(O)C(O)C(O)C(O)C1O. The van der Waals surface area contributed by atoms with E-state index < -0.39 is 63.1 Å². The van der Waals surface area contributed by atoms with Gasteiger partial charge in [0.25, 0.3) is 0 Å². The summed E-state index contributed by atoms with van der Waals surface area (Å²) in [7, 11) is -5.02. The van der Waals surface area contributed by atoms with Crippen molar-refractivity contribution in [2.75, 3.05) is 19.8 Å². The molecule has 0 aromatic heterocycles. The van der Waals surface area contributed by atoms with Gasteiger partial charge in [-0.1, -0.05) is 165 Å². The molecule has 6 atom stereocenters. The number of aliphatic hydroxyl groups excluding tert-OH is 5. The quantitative estimate of drug-likeness (QED) is 0.0150. The van der Waals surface area contributed by atoms with E-state index >= 15 is 0 Å². The van der Waals surface area contributed by atoms with Gasteiger partial charge in [0.1, 0.15) is 42.7 Å². The van der Waals surface area contributed by atoms with Gasteiger partial charge in [-0.05, 0) is 51.4 Å². The van der Waals surface area contributed by atoms with Crippen molar-refractivity contribution in [3.8, 4) is 0 Å². The third kappa shape index (κ3) is 29.3. The van der Waals surface area contributed by atoms with Crippen LogP contribution in [0.15, 0.2) is 48.6 Å². The standard InChI is InChI=1S/C46H83O12P/c1-3-5-7-9-11-13-15-17-19-20-21-23-25-27-29-31-33-35-40(47)57-39(38-56-59(53,54)58-46-44(51)42(49)41(48)43(50)45(46)52)37-55-36-34-32-30-28-26-24-22-18-16-14-12-10-8-6-4-2/h5,7,11,13,17,19,21,23,39,41-46,48-52H,3-4,6,8-10,12,14-16,18,20,22,24-38H2,1-2H3,(H,53,54)/b7-5-,13-11-,19-17-,23-21-. The fourth-order valence-corrected chi connectivity index (χ4v) is 7.79. The topological polar surface area (TPSA) is 192 Å². The Hall–Kier alpha value is -1.70. The lowest BCUT2D eigenvalue weighted by Gasteiger charge is -2.41. The van der Waals surface area contributed by atoms with Gasteiger partial charge in [0, 0.05) is 13.0 Å². The summed E-state index contributed by atoms with van der Waals surface area (Å²) in [6.07, 6.45) is 31.8. The fraction of sp³-hybridized carbons (Fsp3) is 0.804. The van der Waals surface area contributed by atoms with Crippen molar-refractivity contribution in [1.82, 2.24) is 0 Å². The fourth-order valence-electron chi connectivity index (χ4n) is 6.82. The van der Waals surface area contributed by atoms with E-state index in [1.165, 1.54) is 77.0 Å². The van der Waals surface area contributed by atoms with Crippen LogP contribution in [0, 0.1) is 0 Å². The molecule has 1 aliphatic carbocycles. The lowest BCUT2D eigenvalue weighted by molar-refractivity contribution is -0.220. The summed E-state index contributed by atoms with van der Waals surface area (Å²) in [5.74, 6) is -0.500. The van der Waals surface area contributed by atoms with Crippen molar-refractivity contribution >= 4 is 13.8 Å². The first-order valence-electron chi connectivity index (χ1n) is 23.0. The van der Waals surface area contributed by atoms with E-state index in [0.717, 1.165) is 70.6 Å². The van der Waals surface area contributed by atoms with Crippen molar-refractivity contribution < 1.29 is 58.3 Å². The Balaban J connectivity index is 2.42. The predicted molar refractivity (Wildman–Crippen MR) is 235 cm³/mol. The zero-order valence-corrected chi connectivity index (χ0v) is 37.4. The van der Waals surface area contributed by atoms with Crippen molar-refractivity contribution in [1.29, 1.82) is 0 Å². The Morgan fingerprint density at radius 2 is 1.00 bits per heavy atom. The molecule has 0 bridgehead atoms. The molecule has 6 unspecified atom stereocenters. The molecule has 0 heterocycles. The lowest BCUT2D eigenvalue weighted by Crippen LogP contribution is -2.64. The number of rotatable bonds is 38. The highest BCUT2D eigenvalue weighted by Crippen LogP contribution is 2.47. The maximum atomic E-state index is 12.8. The molecule has 0 aliphatic heterocycles. The second-order valence-electron chi connectivity index (χ2n) is 15.9. The van der Waals surface area contributed by atoms with Gasteiger partial charge in [-0.3, -0.25) is 13.8 Å². The van der Waals surface area contributed by atoms with Gasteiger partial charge >= 0.3 is 13.8 Å². The number of carbonyl (C=O) groups is 1. The van der Waals surface area contributed by atoms with Gasteiger partial charge in [0.2, 0.25) is 0 Å². The molecular formula is C46H83O12P. The van der Waals surface area contributed by atoms with Gasteiger partial charge in [-0.2, -0.15) is 0 Å². The largest absolute Gasteiger partial charge is 0.472 e. The van der Waals surface area contributed by atoms with E-state index in [2.05, 4.69) is 62.5 Å². The molecule has 1 saturated carbocycles. The zero-order chi connectivity index (χ0) is 43.4. The smallest absolute Gasteiger partial charge is 0.457 e. The Labute approximate surface area is 356 Å². The van der Waals surface area contributed by atoms with E-state index in [4.69, 9.17) is 18.5 Å². The highest BCUT2D eigenvalue weighted by Gasteiger charge is 2.51. The van der Waals surface area contributed by atoms with Gasteiger partial charge in [-0.15, -0.1) is 0 Å². The summed E-state index contributed by atoms with van der Waals surface area (Å²) < 4.78 is 34.2. The van der Waals surface area contributed by atoms with Gasteiger partial charge in [0.05, 0.1) is 13.2 Å². The number of phosphoric acid groups is 1. The van der Waals surface area contributed by atoms with E-state index in [0.29, 0.717) is 13.0 Å². The maximum absolute atomic E-state index is 12.8. The van der Waals surface area contributed by atoms with Crippen LogP contribution in [0.3, 0.4) is 0 Å². The molecule has 59 heavy (non-hydrogen) atoms. The Morgan fingerprint density at radius 3 is 1.53 bits per heavy atom. The number of carbonyl (C=O) groups excluding carboxylic acids is 1. The van der Waals surface area contributed by atoms with Crippen LogP contribution in [-0.2, 0) is 27.9 Å². The van der Waals surface area contributed by atoms with Gasteiger partial charge in [-0.25, -0.2) is 4.57 Å². The summed E-state index contributed by atoms with van der Waals surface area (Å²) >= 11 is 0. The van der Waals surface area contributed by atoms with Gasteiger partial charge < -0.3 is 39.9 Å². The second kappa shape index (κ2) is 36.9. The molecular weight excluding hydrogens is 775 g/mol. The maximum Gasteiger partial charge on any atom is 0.472 e. The first kappa shape index (κ1) is 55.3. The monoisotopic (exact) mass is 859 g/mol. The van der Waals surface area contributed by atoms with Crippen LogP contribution in [0.5, 0.6) is 0 Å². The van der Waals surface area contributed by atoms with Crippen molar-refractivity contribution in [3.63, 3.8) is 0 Å². The number of hydrogen-bond donors (Lipinski definition) is 6. The number of ether oxygens (including phenoxy) is 2. The van der Waals surface area contributed by atoms with E-state index in [1.54, 1.807) is 0 Å². The Bertz CT molecular complexity index is 1160. The molecule has 1 rings (SSSR count). The van der Waals surface area contributed by atoms with E-state index in [9.17, 15) is 39.8 Å². The molecule has 0 aromatic rings. The Kier molecular flexibility index (Phi) is 34.6. The highest BCUT2D eigenvalue weighted by atomic mass is 31.2. The molecule has 6 N–H and O–H groups in total. The van der Waals surface area contributed by atoms with Crippen LogP contribution in [0.4, 0.5) is 0 Å². The van der Waals surface area contributed by atoms with Crippen molar-refractivity contribution in [3.05, 3.63) is 48.6 Å². The normalized spacial score (nSPS) is 22.9. The number of aliphatic hydroxyl groups is 5. The Morgan fingerprint density at radius 1 is 0.559 bits per heavy atom. The average molecular weight is 859 g/mol. The average Bonchev–Trinajstić information content (AvgIpc) is 3.22. The number of hydrogen-bond acceptors (Lipinski definition) is 11. The van der Waals surface area contributed by atoms with Crippen LogP contribution in [0.1, 0.15) is 174 Å². The van der Waals surface area contributed by atoms with E-state index in [-0.39, 0.29) is 13.0 Å². The minimum atomic E-state index is -5.02. The minimum Gasteiger partial charge on any atom is -0.457 e. The molecule has 0 aromatic carbocycles. The summed E-state index contributed by atoms with van der Waals surface area (Å²) in [4.78, 5) is 23.1. The molecule has 13 heteroatoms. The van der Waals surface area contributed by atoms with Crippen LogP contribution in [0.25, 0.3) is 0 Å². The second-order valence-corrected chi connectivity index (χ2v) is 17.3. The van der Waals surface area contributed by atoms with Crippen molar-refractivity contribution in [2.24, 2.45) is 0 Å².